The summed E-state index contributed by atoms with van der Waals surface area (Å²) >= 11 is 6.50. The molecule has 2 N–H and O–H groups in total. The van der Waals surface area contributed by atoms with E-state index in [2.05, 4.69) is 40.2 Å². The van der Waals surface area contributed by atoms with Crippen molar-refractivity contribution in [2.45, 2.75) is 65.0 Å². The van der Waals surface area contributed by atoms with Gasteiger partial charge in [-0.05, 0) is 44.9 Å². The molecule has 1 unspecified atom stereocenters. The number of benzene rings is 1. The molecule has 154 valence electrons. The topological polar surface area (TPSA) is 70.9 Å². The summed E-state index contributed by atoms with van der Waals surface area (Å²) in [5.41, 5.74) is 2.59. The SMILES string of the molecule is CCCCCC(C)Nc1c(Cl)cnc2ccc(-c3cnc(C(C)(C)O)nc3)cc12. The van der Waals surface area contributed by atoms with Crippen LogP contribution in [-0.4, -0.2) is 26.1 Å². The van der Waals surface area contributed by atoms with Crippen molar-refractivity contribution >= 4 is 28.2 Å². The van der Waals surface area contributed by atoms with E-state index in [4.69, 9.17) is 11.6 Å². The third-order valence-electron chi connectivity index (χ3n) is 4.99. The number of halogens is 1. The lowest BCUT2D eigenvalue weighted by Gasteiger charge is -2.18. The standard InChI is InChI=1S/C23H29ClN4O/c1-5-6-7-8-15(2)28-21-18-11-16(9-10-20(18)25-14-19(21)24)17-12-26-22(27-13-17)23(3,4)29/h9-15,29H,5-8H2,1-4H3,(H,25,28). The van der Waals surface area contributed by atoms with Crippen LogP contribution in [0.3, 0.4) is 0 Å². The Morgan fingerprint density at radius 3 is 2.45 bits per heavy atom. The second-order valence-electron chi connectivity index (χ2n) is 8.11. The van der Waals surface area contributed by atoms with Crippen LogP contribution in [0.1, 0.15) is 59.2 Å². The van der Waals surface area contributed by atoms with Crippen molar-refractivity contribution in [3.05, 3.63) is 47.6 Å². The number of rotatable bonds is 8. The fraction of sp³-hybridized carbons (Fsp3) is 0.435. The second-order valence-corrected chi connectivity index (χ2v) is 8.52. The second kappa shape index (κ2) is 9.06. The lowest BCUT2D eigenvalue weighted by atomic mass is 10.0. The molecule has 1 atom stereocenters. The lowest BCUT2D eigenvalue weighted by molar-refractivity contribution is 0.0687. The number of anilines is 1. The molecular formula is C23H29ClN4O. The average molecular weight is 413 g/mol. The Labute approximate surface area is 177 Å². The van der Waals surface area contributed by atoms with Crippen LogP contribution >= 0.6 is 11.6 Å². The maximum atomic E-state index is 10.1. The predicted octanol–water partition coefficient (Wildman–Crippen LogP) is 5.95. The van der Waals surface area contributed by atoms with Crippen molar-refractivity contribution in [2.75, 3.05) is 5.32 Å². The largest absolute Gasteiger partial charge is 0.382 e. The highest BCUT2D eigenvalue weighted by Gasteiger charge is 2.19. The summed E-state index contributed by atoms with van der Waals surface area (Å²) in [6, 6.07) is 6.37. The van der Waals surface area contributed by atoms with E-state index in [-0.39, 0.29) is 0 Å². The monoisotopic (exact) mass is 412 g/mol. The first-order chi connectivity index (χ1) is 13.8. The number of hydrogen-bond donors (Lipinski definition) is 2. The molecule has 6 heteroatoms. The lowest BCUT2D eigenvalue weighted by Crippen LogP contribution is -2.19. The maximum Gasteiger partial charge on any atom is 0.159 e. The molecule has 0 fully saturated rings. The molecular weight excluding hydrogens is 384 g/mol. The molecule has 0 saturated heterocycles. The molecule has 0 spiro atoms. The third kappa shape index (κ3) is 5.22. The highest BCUT2D eigenvalue weighted by Crippen LogP contribution is 2.33. The molecule has 0 radical (unpaired) electrons. The van der Waals surface area contributed by atoms with Gasteiger partial charge in [0.15, 0.2) is 5.82 Å². The van der Waals surface area contributed by atoms with Crippen LogP contribution in [0.25, 0.3) is 22.0 Å². The molecule has 0 aliphatic heterocycles. The number of aliphatic hydroxyl groups is 1. The molecule has 0 bridgehead atoms. The first kappa shape index (κ1) is 21.5. The maximum absolute atomic E-state index is 10.1. The first-order valence-electron chi connectivity index (χ1n) is 10.2. The molecule has 0 aliphatic carbocycles. The number of aromatic nitrogens is 3. The van der Waals surface area contributed by atoms with Crippen LogP contribution < -0.4 is 5.32 Å². The first-order valence-corrected chi connectivity index (χ1v) is 10.6. The van der Waals surface area contributed by atoms with Gasteiger partial charge in [0.25, 0.3) is 0 Å². The van der Waals surface area contributed by atoms with Gasteiger partial charge in [-0.25, -0.2) is 9.97 Å². The molecule has 29 heavy (non-hydrogen) atoms. The van der Waals surface area contributed by atoms with Gasteiger partial charge in [-0.15, -0.1) is 0 Å². The van der Waals surface area contributed by atoms with Crippen LogP contribution in [0.5, 0.6) is 0 Å². The van der Waals surface area contributed by atoms with E-state index in [1.165, 1.54) is 19.3 Å². The van der Waals surface area contributed by atoms with Crippen LogP contribution in [0, 0.1) is 0 Å². The summed E-state index contributed by atoms with van der Waals surface area (Å²) in [6.45, 7) is 7.74. The minimum atomic E-state index is -1.07. The minimum Gasteiger partial charge on any atom is -0.382 e. The summed E-state index contributed by atoms with van der Waals surface area (Å²) in [6.07, 6.45) is 9.91. The van der Waals surface area contributed by atoms with Crippen molar-refractivity contribution in [3.8, 4) is 11.1 Å². The zero-order valence-corrected chi connectivity index (χ0v) is 18.3. The fourth-order valence-electron chi connectivity index (χ4n) is 3.31. The fourth-order valence-corrected chi connectivity index (χ4v) is 3.51. The smallest absolute Gasteiger partial charge is 0.159 e. The molecule has 3 rings (SSSR count). The Balaban J connectivity index is 1.93. The molecule has 1 aromatic carbocycles. The Morgan fingerprint density at radius 1 is 1.07 bits per heavy atom. The van der Waals surface area contributed by atoms with E-state index in [1.807, 2.05) is 12.1 Å². The van der Waals surface area contributed by atoms with Gasteiger partial charge in [-0.2, -0.15) is 0 Å². The Bertz CT molecular complexity index is 967. The van der Waals surface area contributed by atoms with Gasteiger partial charge in [0, 0.05) is 35.6 Å². The highest BCUT2D eigenvalue weighted by atomic mass is 35.5. The number of pyridine rings is 1. The summed E-state index contributed by atoms with van der Waals surface area (Å²) in [5, 5.41) is 15.2. The van der Waals surface area contributed by atoms with Gasteiger partial charge in [-0.1, -0.05) is 43.9 Å². The predicted molar refractivity (Wildman–Crippen MR) is 120 cm³/mol. The molecule has 0 aliphatic rings. The van der Waals surface area contributed by atoms with Crippen LogP contribution in [0.15, 0.2) is 36.8 Å². The van der Waals surface area contributed by atoms with Crippen LogP contribution in [0.4, 0.5) is 5.69 Å². The summed E-state index contributed by atoms with van der Waals surface area (Å²) in [7, 11) is 0. The molecule has 3 aromatic rings. The van der Waals surface area contributed by atoms with Crippen molar-refractivity contribution in [1.82, 2.24) is 15.0 Å². The quantitative estimate of drug-likeness (QED) is 0.447. The Kier molecular flexibility index (Phi) is 6.70. The zero-order valence-electron chi connectivity index (χ0n) is 17.5. The van der Waals surface area contributed by atoms with Crippen molar-refractivity contribution in [2.24, 2.45) is 0 Å². The van der Waals surface area contributed by atoms with Crippen LogP contribution in [0.2, 0.25) is 5.02 Å². The van der Waals surface area contributed by atoms with Crippen LogP contribution in [-0.2, 0) is 5.60 Å². The van der Waals surface area contributed by atoms with E-state index in [0.29, 0.717) is 16.9 Å². The van der Waals surface area contributed by atoms with Crippen molar-refractivity contribution < 1.29 is 5.11 Å². The number of unbranched alkanes of at least 4 members (excludes halogenated alkanes) is 2. The van der Waals surface area contributed by atoms with E-state index < -0.39 is 5.60 Å². The van der Waals surface area contributed by atoms with Gasteiger partial charge in [-0.3, -0.25) is 4.98 Å². The molecule has 0 saturated carbocycles. The van der Waals surface area contributed by atoms with Crippen molar-refractivity contribution in [1.29, 1.82) is 0 Å². The molecule has 2 heterocycles. The molecule has 0 amide bonds. The molecule has 5 nitrogen and oxygen atoms in total. The van der Waals surface area contributed by atoms with E-state index in [1.54, 1.807) is 32.4 Å². The third-order valence-corrected chi connectivity index (χ3v) is 5.27. The number of nitrogens with one attached hydrogen (secondary N) is 1. The average Bonchev–Trinajstić information content (AvgIpc) is 2.69. The van der Waals surface area contributed by atoms with Crippen molar-refractivity contribution in [3.63, 3.8) is 0 Å². The summed E-state index contributed by atoms with van der Waals surface area (Å²) < 4.78 is 0. The van der Waals surface area contributed by atoms with Gasteiger partial charge >= 0.3 is 0 Å². The van der Waals surface area contributed by atoms with E-state index in [9.17, 15) is 5.11 Å². The number of nitrogens with zero attached hydrogens (tertiary/aromatic N) is 3. The Morgan fingerprint density at radius 2 is 1.79 bits per heavy atom. The van der Waals surface area contributed by atoms with Gasteiger partial charge in [0.2, 0.25) is 0 Å². The van der Waals surface area contributed by atoms with Gasteiger partial charge in [0.1, 0.15) is 5.60 Å². The number of hydrogen-bond acceptors (Lipinski definition) is 5. The van der Waals surface area contributed by atoms with Gasteiger partial charge in [0.05, 0.1) is 16.2 Å². The normalized spacial score (nSPS) is 12.9. The summed E-state index contributed by atoms with van der Waals surface area (Å²) in [4.78, 5) is 13.1. The van der Waals surface area contributed by atoms with Gasteiger partial charge < -0.3 is 10.4 Å². The van der Waals surface area contributed by atoms with E-state index >= 15 is 0 Å². The number of fused-ring (bicyclic) bond motifs is 1. The zero-order chi connectivity index (χ0) is 21.0. The highest BCUT2D eigenvalue weighted by molar-refractivity contribution is 6.34. The summed E-state index contributed by atoms with van der Waals surface area (Å²) in [5.74, 6) is 0.398. The molecule has 2 aromatic heterocycles. The minimum absolute atomic E-state index is 0.322. The van der Waals surface area contributed by atoms with E-state index in [0.717, 1.165) is 34.1 Å². The Hall–Kier alpha value is -2.24.